The van der Waals surface area contributed by atoms with Crippen molar-refractivity contribution in [2.75, 3.05) is 0 Å². The Kier molecular flexibility index (Phi) is 3.04. The lowest BCUT2D eigenvalue weighted by molar-refractivity contribution is -0.124. The highest BCUT2D eigenvalue weighted by atomic mass is 32.2. The number of nitrogens with two attached hydrogens (primary N) is 1. The summed E-state index contributed by atoms with van der Waals surface area (Å²) in [4.78, 5) is 11.6. The summed E-state index contributed by atoms with van der Waals surface area (Å²) in [5.41, 5.74) is 0. The second-order valence-electron chi connectivity index (χ2n) is 3.78. The first-order chi connectivity index (χ1) is 7.47. The zero-order chi connectivity index (χ0) is 11.8. The van der Waals surface area contributed by atoms with Crippen LogP contribution in [0.5, 0.6) is 0 Å². The van der Waals surface area contributed by atoms with Gasteiger partial charge in [0.2, 0.25) is 4.34 Å². The van der Waals surface area contributed by atoms with E-state index < -0.39 is 10.0 Å². The normalized spacial score (nSPS) is 17.1. The van der Waals surface area contributed by atoms with Crippen molar-refractivity contribution < 1.29 is 13.2 Å². The summed E-state index contributed by atoms with van der Waals surface area (Å²) in [6, 6.07) is 0. The quantitative estimate of drug-likeness (QED) is 0.827. The number of nitrogens with zero attached hydrogens (tertiary/aromatic N) is 2. The van der Waals surface area contributed by atoms with Crippen molar-refractivity contribution in [2.45, 2.75) is 30.0 Å². The topological polar surface area (TPSA) is 103 Å². The van der Waals surface area contributed by atoms with Gasteiger partial charge in [0.05, 0.1) is 6.42 Å². The van der Waals surface area contributed by atoms with Crippen molar-refractivity contribution in [1.82, 2.24) is 10.2 Å². The third-order valence-corrected chi connectivity index (χ3v) is 4.81. The summed E-state index contributed by atoms with van der Waals surface area (Å²) in [7, 11) is -3.80. The van der Waals surface area contributed by atoms with Gasteiger partial charge in [-0.05, 0) is 12.8 Å². The SMILES string of the molecule is NS(=O)(=O)c1nnc(CC(=O)C2CCC2)s1. The average molecular weight is 261 g/mol. The Bertz CT molecular complexity index is 504. The van der Waals surface area contributed by atoms with Gasteiger partial charge in [-0.2, -0.15) is 0 Å². The number of rotatable bonds is 4. The largest absolute Gasteiger partial charge is 0.299 e. The molecule has 8 heteroatoms. The lowest BCUT2D eigenvalue weighted by Gasteiger charge is -2.23. The van der Waals surface area contributed by atoms with E-state index in [0.29, 0.717) is 5.01 Å². The predicted octanol–water partition coefficient (Wildman–Crippen LogP) is 0.0972. The standard InChI is InChI=1S/C8H11N3O3S2/c9-16(13,14)8-11-10-7(15-8)4-6(12)5-2-1-3-5/h5H,1-4H2,(H2,9,13,14). The van der Waals surface area contributed by atoms with Crippen LogP contribution in [0.2, 0.25) is 0 Å². The van der Waals surface area contributed by atoms with Gasteiger partial charge >= 0.3 is 0 Å². The van der Waals surface area contributed by atoms with Gasteiger partial charge in [-0.1, -0.05) is 17.8 Å². The number of ketones is 1. The van der Waals surface area contributed by atoms with Crippen LogP contribution in [0.15, 0.2) is 4.34 Å². The van der Waals surface area contributed by atoms with Crippen LogP contribution in [0, 0.1) is 5.92 Å². The van der Waals surface area contributed by atoms with Gasteiger partial charge in [-0.15, -0.1) is 10.2 Å². The van der Waals surface area contributed by atoms with Crippen LogP contribution in [-0.4, -0.2) is 24.4 Å². The van der Waals surface area contributed by atoms with E-state index >= 15 is 0 Å². The minimum atomic E-state index is -3.80. The van der Waals surface area contributed by atoms with Crippen molar-refractivity contribution >= 4 is 27.1 Å². The van der Waals surface area contributed by atoms with Crippen molar-refractivity contribution in [2.24, 2.45) is 11.1 Å². The molecule has 1 aliphatic carbocycles. The molecule has 2 rings (SSSR count). The fourth-order valence-electron chi connectivity index (χ4n) is 1.45. The molecule has 16 heavy (non-hydrogen) atoms. The maximum absolute atomic E-state index is 11.6. The molecule has 2 N–H and O–H groups in total. The second-order valence-corrected chi connectivity index (χ2v) is 6.57. The number of Topliss-reactive ketones (excluding diaryl/α,β-unsaturated/α-hetero) is 1. The summed E-state index contributed by atoms with van der Waals surface area (Å²) >= 11 is 0.864. The first-order valence-electron chi connectivity index (χ1n) is 4.85. The van der Waals surface area contributed by atoms with Crippen LogP contribution in [0.25, 0.3) is 0 Å². The number of sulfonamides is 1. The van der Waals surface area contributed by atoms with E-state index in [-0.39, 0.29) is 22.5 Å². The molecule has 6 nitrogen and oxygen atoms in total. The van der Waals surface area contributed by atoms with Gasteiger partial charge in [-0.3, -0.25) is 4.79 Å². The molecule has 1 aromatic heterocycles. The van der Waals surface area contributed by atoms with Crippen molar-refractivity contribution in [3.05, 3.63) is 5.01 Å². The maximum Gasteiger partial charge on any atom is 0.267 e. The third-order valence-electron chi connectivity index (χ3n) is 2.58. The molecule has 0 amide bonds. The van der Waals surface area contributed by atoms with E-state index in [4.69, 9.17) is 5.14 Å². The molecule has 1 aliphatic rings. The Morgan fingerprint density at radius 1 is 1.44 bits per heavy atom. The van der Waals surface area contributed by atoms with E-state index in [1.165, 1.54) is 0 Å². The van der Waals surface area contributed by atoms with E-state index in [0.717, 1.165) is 30.6 Å². The summed E-state index contributed by atoms with van der Waals surface area (Å²) in [6.45, 7) is 0. The first kappa shape index (κ1) is 11.6. The summed E-state index contributed by atoms with van der Waals surface area (Å²) in [5, 5.41) is 12.4. The lowest BCUT2D eigenvalue weighted by Crippen LogP contribution is -2.23. The number of primary sulfonamides is 1. The molecule has 0 spiro atoms. The van der Waals surface area contributed by atoms with Crippen molar-refractivity contribution in [3.63, 3.8) is 0 Å². The third kappa shape index (κ3) is 2.45. The minimum Gasteiger partial charge on any atom is -0.299 e. The van der Waals surface area contributed by atoms with Gasteiger partial charge < -0.3 is 0 Å². The highest BCUT2D eigenvalue weighted by molar-refractivity contribution is 7.91. The van der Waals surface area contributed by atoms with Gasteiger partial charge in [0.1, 0.15) is 10.8 Å². The number of aromatic nitrogens is 2. The number of hydrogen-bond acceptors (Lipinski definition) is 6. The molecule has 0 aromatic carbocycles. The van der Waals surface area contributed by atoms with E-state index in [1.807, 2.05) is 0 Å². The first-order valence-corrected chi connectivity index (χ1v) is 7.21. The number of carbonyl (C=O) groups is 1. The van der Waals surface area contributed by atoms with Gasteiger partial charge in [-0.25, -0.2) is 13.6 Å². The summed E-state index contributed by atoms with van der Waals surface area (Å²) < 4.78 is 21.6. The Hall–Kier alpha value is -0.860. The van der Waals surface area contributed by atoms with Crippen LogP contribution in [0.3, 0.4) is 0 Å². The van der Waals surface area contributed by atoms with Gasteiger partial charge in [0, 0.05) is 5.92 Å². The average Bonchev–Trinajstić information content (AvgIpc) is 2.47. The Morgan fingerprint density at radius 3 is 2.56 bits per heavy atom. The van der Waals surface area contributed by atoms with E-state index in [1.54, 1.807) is 0 Å². The zero-order valence-electron chi connectivity index (χ0n) is 8.42. The molecule has 0 radical (unpaired) electrons. The Morgan fingerprint density at radius 2 is 2.12 bits per heavy atom. The molecule has 1 aromatic rings. The molecule has 0 aliphatic heterocycles. The Labute approximate surface area is 96.9 Å². The fraction of sp³-hybridized carbons (Fsp3) is 0.625. The molecule has 0 unspecified atom stereocenters. The maximum atomic E-state index is 11.6. The molecular formula is C8H11N3O3S2. The monoisotopic (exact) mass is 261 g/mol. The zero-order valence-corrected chi connectivity index (χ0v) is 10.1. The summed E-state index contributed by atoms with van der Waals surface area (Å²) in [5.74, 6) is 0.241. The van der Waals surface area contributed by atoms with Crippen LogP contribution in [-0.2, 0) is 21.2 Å². The molecular weight excluding hydrogens is 250 g/mol. The minimum absolute atomic E-state index is 0.114. The highest BCUT2D eigenvalue weighted by Crippen LogP contribution is 2.28. The highest BCUT2D eigenvalue weighted by Gasteiger charge is 2.26. The number of hydrogen-bond donors (Lipinski definition) is 1. The molecule has 0 atom stereocenters. The molecule has 88 valence electrons. The van der Waals surface area contributed by atoms with E-state index in [2.05, 4.69) is 10.2 Å². The fourth-order valence-corrected chi connectivity index (χ4v) is 2.94. The second kappa shape index (κ2) is 4.19. The van der Waals surface area contributed by atoms with Gasteiger partial charge in [0.25, 0.3) is 10.0 Å². The van der Waals surface area contributed by atoms with Crippen LogP contribution < -0.4 is 5.14 Å². The molecule has 1 saturated carbocycles. The lowest BCUT2D eigenvalue weighted by atomic mass is 9.81. The van der Waals surface area contributed by atoms with Gasteiger partial charge in [0.15, 0.2) is 0 Å². The smallest absolute Gasteiger partial charge is 0.267 e. The molecule has 0 saturated heterocycles. The van der Waals surface area contributed by atoms with Crippen molar-refractivity contribution in [3.8, 4) is 0 Å². The number of carbonyl (C=O) groups excluding carboxylic acids is 1. The molecule has 1 fully saturated rings. The van der Waals surface area contributed by atoms with Crippen LogP contribution >= 0.6 is 11.3 Å². The van der Waals surface area contributed by atoms with E-state index in [9.17, 15) is 13.2 Å². The summed E-state index contributed by atoms with van der Waals surface area (Å²) in [6.07, 6.45) is 3.12. The van der Waals surface area contributed by atoms with Crippen molar-refractivity contribution in [1.29, 1.82) is 0 Å². The Balaban J connectivity index is 2.05. The molecule has 1 heterocycles. The van der Waals surface area contributed by atoms with Crippen LogP contribution in [0.1, 0.15) is 24.3 Å². The molecule has 0 bridgehead atoms. The predicted molar refractivity (Wildman–Crippen MR) is 57.3 cm³/mol. The van der Waals surface area contributed by atoms with Crippen LogP contribution in [0.4, 0.5) is 0 Å².